The minimum atomic E-state index is -0.0773. The molecule has 0 unspecified atom stereocenters. The molecule has 1 amide bonds. The first kappa shape index (κ1) is 25.4. The maximum absolute atomic E-state index is 12.4. The van der Waals surface area contributed by atoms with Gasteiger partial charge in [0.15, 0.2) is 0 Å². The van der Waals surface area contributed by atoms with Gasteiger partial charge in [0.05, 0.1) is 0 Å². The molecule has 0 radical (unpaired) electrons. The lowest BCUT2D eigenvalue weighted by atomic mass is 9.84. The van der Waals surface area contributed by atoms with Crippen LogP contribution < -0.4 is 5.32 Å². The number of benzene rings is 2. The van der Waals surface area contributed by atoms with E-state index in [0.717, 1.165) is 31.1 Å². The van der Waals surface area contributed by atoms with Crippen LogP contribution in [0.2, 0.25) is 10.0 Å². The molecule has 1 saturated heterocycles. The minimum absolute atomic E-state index is 0.0773. The molecule has 36 heavy (non-hydrogen) atoms. The summed E-state index contributed by atoms with van der Waals surface area (Å²) in [5, 5.41) is 5.58. The molecule has 0 atom stereocenters. The van der Waals surface area contributed by atoms with Gasteiger partial charge in [-0.1, -0.05) is 47.5 Å². The normalized spacial score (nSPS) is 21.8. The third-order valence-corrected chi connectivity index (χ3v) is 8.57. The van der Waals surface area contributed by atoms with E-state index >= 15 is 0 Å². The van der Waals surface area contributed by atoms with E-state index in [1.807, 2.05) is 0 Å². The summed E-state index contributed by atoms with van der Waals surface area (Å²) in [6, 6.07) is 16.5. The fraction of sp³-hybridized carbons (Fsp3) is 0.433. The van der Waals surface area contributed by atoms with Crippen molar-refractivity contribution in [2.45, 2.75) is 51.0 Å². The zero-order valence-corrected chi connectivity index (χ0v) is 22.2. The maximum Gasteiger partial charge on any atom is 0.244 e. The molecule has 2 fully saturated rings. The van der Waals surface area contributed by atoms with Crippen molar-refractivity contribution >= 4 is 46.1 Å². The number of H-pyrrole nitrogens is 1. The topological polar surface area (TPSA) is 48.1 Å². The summed E-state index contributed by atoms with van der Waals surface area (Å²) in [5.74, 6) is 1.43. The largest absolute Gasteiger partial charge is 0.358 e. The van der Waals surface area contributed by atoms with Crippen molar-refractivity contribution in [2.75, 3.05) is 19.6 Å². The fourth-order valence-corrected chi connectivity index (χ4v) is 6.38. The summed E-state index contributed by atoms with van der Waals surface area (Å²) < 4.78 is 0. The molecule has 2 heterocycles. The Bertz CT molecular complexity index is 1150. The van der Waals surface area contributed by atoms with Gasteiger partial charge < -0.3 is 15.2 Å². The number of piperidine rings is 1. The summed E-state index contributed by atoms with van der Waals surface area (Å²) in [5.41, 5.74) is 3.31. The highest BCUT2D eigenvalue weighted by Gasteiger charge is 2.26. The van der Waals surface area contributed by atoms with Crippen molar-refractivity contribution in [1.29, 1.82) is 0 Å². The van der Waals surface area contributed by atoms with Crippen molar-refractivity contribution in [3.63, 3.8) is 0 Å². The van der Waals surface area contributed by atoms with E-state index in [1.165, 1.54) is 61.9 Å². The first-order valence-corrected chi connectivity index (χ1v) is 14.0. The van der Waals surface area contributed by atoms with Crippen molar-refractivity contribution < 1.29 is 4.79 Å². The standard InChI is InChI=1S/C30H35Cl2N3O/c31-27-5-3-6-28(32)26(27)12-13-30(36)34-24-10-8-22(9-11-24)20-35-16-14-21(15-17-35)18-25-19-23-4-1-2-7-29(23)33-25/h1-7,12-13,19,21-22,24,33H,8-11,14-18,20H2,(H,34,36)/b13-12+. The van der Waals surface area contributed by atoms with Gasteiger partial charge in [-0.25, -0.2) is 0 Å². The van der Waals surface area contributed by atoms with E-state index < -0.39 is 0 Å². The zero-order chi connectivity index (χ0) is 24.9. The molecule has 3 aromatic rings. The van der Waals surface area contributed by atoms with Gasteiger partial charge in [-0.15, -0.1) is 0 Å². The van der Waals surface area contributed by atoms with Gasteiger partial charge in [-0.2, -0.15) is 0 Å². The number of aromatic nitrogens is 1. The van der Waals surface area contributed by atoms with Crippen molar-refractivity contribution in [2.24, 2.45) is 11.8 Å². The number of carbonyl (C=O) groups is 1. The van der Waals surface area contributed by atoms with Crippen LogP contribution in [-0.4, -0.2) is 41.5 Å². The number of fused-ring (bicyclic) bond motifs is 1. The Labute approximate surface area is 224 Å². The molecular formula is C30H35Cl2N3O. The third kappa shape index (κ3) is 6.53. The molecule has 4 nitrogen and oxygen atoms in total. The van der Waals surface area contributed by atoms with Crippen LogP contribution in [0, 0.1) is 11.8 Å². The quantitative estimate of drug-likeness (QED) is 0.324. The number of rotatable bonds is 7. The maximum atomic E-state index is 12.4. The number of halogens is 2. The zero-order valence-electron chi connectivity index (χ0n) is 20.7. The molecule has 1 aliphatic heterocycles. The molecule has 190 valence electrons. The van der Waals surface area contributed by atoms with Crippen LogP contribution in [0.3, 0.4) is 0 Å². The second-order valence-electron chi connectivity index (χ2n) is 10.5. The number of amides is 1. The monoisotopic (exact) mass is 523 g/mol. The number of aromatic amines is 1. The van der Waals surface area contributed by atoms with Gasteiger partial charge in [-0.3, -0.25) is 4.79 Å². The van der Waals surface area contributed by atoms with Gasteiger partial charge in [0.25, 0.3) is 0 Å². The second kappa shape index (κ2) is 11.9. The van der Waals surface area contributed by atoms with E-state index in [9.17, 15) is 4.79 Å². The Morgan fingerprint density at radius 1 is 0.944 bits per heavy atom. The molecule has 2 aromatic carbocycles. The van der Waals surface area contributed by atoms with Crippen molar-refractivity contribution in [3.8, 4) is 0 Å². The Kier molecular flexibility index (Phi) is 8.36. The summed E-state index contributed by atoms with van der Waals surface area (Å²) in [6.45, 7) is 3.61. The van der Waals surface area contributed by atoms with Crippen LogP contribution >= 0.6 is 23.2 Å². The third-order valence-electron chi connectivity index (χ3n) is 7.91. The van der Waals surface area contributed by atoms with Gasteiger partial charge in [0.1, 0.15) is 0 Å². The van der Waals surface area contributed by atoms with Crippen LogP contribution in [0.1, 0.15) is 49.8 Å². The Morgan fingerprint density at radius 2 is 1.67 bits per heavy atom. The van der Waals surface area contributed by atoms with Crippen LogP contribution in [0.4, 0.5) is 0 Å². The van der Waals surface area contributed by atoms with E-state index in [-0.39, 0.29) is 11.9 Å². The van der Waals surface area contributed by atoms with Crippen LogP contribution in [0.25, 0.3) is 17.0 Å². The number of likely N-dealkylation sites (tertiary alicyclic amines) is 1. The number of hydrogen-bond donors (Lipinski definition) is 2. The SMILES string of the molecule is O=C(/C=C/c1c(Cl)cccc1Cl)NC1CCC(CN2CCC(Cc3cc4ccccc4[nH]3)CC2)CC1. The first-order valence-electron chi connectivity index (χ1n) is 13.2. The second-order valence-corrected chi connectivity index (χ2v) is 11.3. The minimum Gasteiger partial charge on any atom is -0.358 e. The van der Waals surface area contributed by atoms with Gasteiger partial charge in [-0.05, 0) is 106 Å². The smallest absolute Gasteiger partial charge is 0.244 e. The van der Waals surface area contributed by atoms with E-state index in [1.54, 1.807) is 30.4 Å². The lowest BCUT2D eigenvalue weighted by Crippen LogP contribution is -2.41. The van der Waals surface area contributed by atoms with Gasteiger partial charge in [0.2, 0.25) is 5.91 Å². The molecule has 1 aliphatic carbocycles. The molecule has 5 rings (SSSR count). The van der Waals surface area contributed by atoms with Crippen LogP contribution in [0.15, 0.2) is 54.6 Å². The van der Waals surface area contributed by atoms with Crippen LogP contribution in [-0.2, 0) is 11.2 Å². The molecule has 1 saturated carbocycles. The predicted molar refractivity (Wildman–Crippen MR) is 151 cm³/mol. The van der Waals surface area contributed by atoms with Crippen molar-refractivity contribution in [3.05, 3.63) is 75.9 Å². The number of nitrogens with zero attached hydrogens (tertiary/aromatic N) is 1. The number of hydrogen-bond acceptors (Lipinski definition) is 2. The summed E-state index contributed by atoms with van der Waals surface area (Å²) >= 11 is 12.4. The molecule has 2 aliphatic rings. The summed E-state index contributed by atoms with van der Waals surface area (Å²) in [6.07, 6.45) is 11.4. The lowest BCUT2D eigenvalue weighted by molar-refractivity contribution is -0.117. The molecule has 0 spiro atoms. The summed E-state index contributed by atoms with van der Waals surface area (Å²) in [7, 11) is 0. The highest BCUT2D eigenvalue weighted by Crippen LogP contribution is 2.29. The highest BCUT2D eigenvalue weighted by atomic mass is 35.5. The lowest BCUT2D eigenvalue weighted by Gasteiger charge is -2.36. The average Bonchev–Trinajstić information content (AvgIpc) is 3.28. The van der Waals surface area contributed by atoms with E-state index in [2.05, 4.69) is 45.5 Å². The number of nitrogens with one attached hydrogen (secondary N) is 2. The molecular weight excluding hydrogens is 489 g/mol. The Hall–Kier alpha value is -2.27. The molecule has 2 N–H and O–H groups in total. The molecule has 1 aromatic heterocycles. The Morgan fingerprint density at radius 3 is 2.39 bits per heavy atom. The molecule has 6 heteroatoms. The van der Waals surface area contributed by atoms with Gasteiger partial charge in [0, 0.05) is 45.5 Å². The number of para-hydroxylation sites is 1. The van der Waals surface area contributed by atoms with Crippen molar-refractivity contribution in [1.82, 2.24) is 15.2 Å². The van der Waals surface area contributed by atoms with Gasteiger partial charge >= 0.3 is 0 Å². The summed E-state index contributed by atoms with van der Waals surface area (Å²) in [4.78, 5) is 18.7. The fourth-order valence-electron chi connectivity index (χ4n) is 5.86. The number of carbonyl (C=O) groups excluding carboxylic acids is 1. The van der Waals surface area contributed by atoms with Crippen LogP contribution in [0.5, 0.6) is 0 Å². The average molecular weight is 525 g/mol. The highest BCUT2D eigenvalue weighted by molar-refractivity contribution is 6.37. The van der Waals surface area contributed by atoms with E-state index in [4.69, 9.17) is 23.2 Å². The Balaban J connectivity index is 1.01. The predicted octanol–water partition coefficient (Wildman–Crippen LogP) is 7.12. The van der Waals surface area contributed by atoms with E-state index in [0.29, 0.717) is 15.6 Å². The molecule has 0 bridgehead atoms. The first-order chi connectivity index (χ1) is 17.5.